The van der Waals surface area contributed by atoms with Gasteiger partial charge in [-0.05, 0) is 53.6 Å². The highest BCUT2D eigenvalue weighted by Gasteiger charge is 2.52. The van der Waals surface area contributed by atoms with Crippen LogP contribution in [0.25, 0.3) is 22.3 Å². The van der Waals surface area contributed by atoms with Crippen molar-refractivity contribution in [3.05, 3.63) is 53.9 Å². The summed E-state index contributed by atoms with van der Waals surface area (Å²) < 4.78 is 11.3. The summed E-state index contributed by atoms with van der Waals surface area (Å²) in [4.78, 5) is 5.93. The third-order valence-corrected chi connectivity index (χ3v) is 8.11. The Morgan fingerprint density at radius 3 is 2.72 bits per heavy atom. The average Bonchev–Trinajstić information content (AvgIpc) is 3.45. The maximum Gasteiger partial charge on any atom is 0.254 e. The fourth-order valence-corrected chi connectivity index (χ4v) is 5.68. The number of aromatic hydroxyl groups is 1. The molecule has 3 aromatic heterocycles. The first-order chi connectivity index (χ1) is 17.4. The number of rotatable bonds is 8. The number of H-pyrrole nitrogens is 1. The number of ether oxygens (including phenoxy) is 1. The second kappa shape index (κ2) is 8.92. The number of fused-ring (bicyclic) bond motifs is 1. The summed E-state index contributed by atoms with van der Waals surface area (Å²) in [5.41, 5.74) is 3.85. The molecule has 6 rings (SSSR count). The highest BCUT2D eigenvalue weighted by Crippen LogP contribution is 2.56. The van der Waals surface area contributed by atoms with E-state index in [2.05, 4.69) is 52.1 Å². The van der Waals surface area contributed by atoms with E-state index < -0.39 is 0 Å². The lowest BCUT2D eigenvalue weighted by atomic mass is 9.57. The average molecular weight is 488 g/mol. The van der Waals surface area contributed by atoms with Gasteiger partial charge in [-0.15, -0.1) is 10.2 Å². The molecule has 8 nitrogen and oxygen atoms in total. The van der Waals surface area contributed by atoms with Gasteiger partial charge in [-0.25, -0.2) is 0 Å². The van der Waals surface area contributed by atoms with E-state index in [-0.39, 0.29) is 5.75 Å². The lowest BCUT2D eigenvalue weighted by Crippen LogP contribution is -2.62. The number of likely N-dealkylation sites (tertiary alicyclic amines) is 1. The van der Waals surface area contributed by atoms with Crippen LogP contribution in [-0.2, 0) is 0 Å². The molecule has 4 heterocycles. The van der Waals surface area contributed by atoms with Gasteiger partial charge >= 0.3 is 0 Å². The molecule has 2 fully saturated rings. The molecule has 1 spiro atoms. The molecule has 0 unspecified atom stereocenters. The van der Waals surface area contributed by atoms with Crippen molar-refractivity contribution in [3.8, 4) is 22.9 Å². The molecule has 4 aromatic rings. The van der Waals surface area contributed by atoms with Crippen molar-refractivity contribution in [1.29, 1.82) is 0 Å². The summed E-state index contributed by atoms with van der Waals surface area (Å²) in [7, 11) is 0. The quantitative estimate of drug-likeness (QED) is 0.346. The summed E-state index contributed by atoms with van der Waals surface area (Å²) in [6.07, 6.45) is 2.38. The van der Waals surface area contributed by atoms with E-state index in [0.717, 1.165) is 36.4 Å². The Bertz CT molecular complexity index is 1360. The van der Waals surface area contributed by atoms with E-state index in [4.69, 9.17) is 9.26 Å². The van der Waals surface area contributed by atoms with E-state index in [0.29, 0.717) is 46.9 Å². The number of hydrogen-bond donors (Lipinski definition) is 2. The molecule has 1 saturated heterocycles. The lowest BCUT2D eigenvalue weighted by molar-refractivity contribution is -0.0772. The molecule has 0 bridgehead atoms. The van der Waals surface area contributed by atoms with Crippen molar-refractivity contribution < 1.29 is 14.4 Å². The van der Waals surface area contributed by atoms with Gasteiger partial charge in [0.05, 0.1) is 5.69 Å². The van der Waals surface area contributed by atoms with Crippen molar-refractivity contribution in [2.45, 2.75) is 45.4 Å². The third kappa shape index (κ3) is 4.23. The van der Waals surface area contributed by atoms with Gasteiger partial charge in [-0.3, -0.25) is 4.90 Å². The number of aromatic amines is 1. The van der Waals surface area contributed by atoms with Crippen LogP contribution in [0.4, 0.5) is 0 Å². The van der Waals surface area contributed by atoms with Crippen LogP contribution in [0, 0.1) is 11.3 Å². The molecule has 1 atom stereocenters. The number of hydrogen-bond acceptors (Lipinski definition) is 7. The van der Waals surface area contributed by atoms with Crippen molar-refractivity contribution in [2.75, 3.05) is 26.2 Å². The second-order valence-corrected chi connectivity index (χ2v) is 11.0. The largest absolute Gasteiger partial charge is 0.507 e. The van der Waals surface area contributed by atoms with Crippen molar-refractivity contribution >= 4 is 11.0 Å². The standard InChI is InChI=1S/C28H33N5O3/c1-17(2)18(3)25-12-26(32-36-25)35-9-8-33-15-28(16-33)13-20(14-28)22-10-19-11-23(30-31-27(19)29-22)21-6-4-5-7-24(21)34/h4-7,10-12,17-18,20,34H,8-9,13-16H2,1-3H3,(H,29,31)/t18-/m1/s1. The Labute approximate surface area is 210 Å². The Morgan fingerprint density at radius 2 is 1.94 bits per heavy atom. The molecule has 188 valence electrons. The van der Waals surface area contributed by atoms with E-state index in [9.17, 15) is 5.11 Å². The Kier molecular flexibility index (Phi) is 5.71. The molecular formula is C28H33N5O3. The zero-order valence-corrected chi connectivity index (χ0v) is 21.1. The highest BCUT2D eigenvalue weighted by molar-refractivity contribution is 5.81. The monoisotopic (exact) mass is 487 g/mol. The number of phenols is 1. The number of para-hydroxylation sites is 1. The zero-order valence-electron chi connectivity index (χ0n) is 21.1. The van der Waals surface area contributed by atoms with Crippen LogP contribution < -0.4 is 4.74 Å². The molecular weight excluding hydrogens is 454 g/mol. The minimum absolute atomic E-state index is 0.217. The van der Waals surface area contributed by atoms with Gasteiger partial charge in [0.1, 0.15) is 18.1 Å². The Hall–Kier alpha value is -3.39. The van der Waals surface area contributed by atoms with E-state index >= 15 is 0 Å². The normalized spacial score (nSPS) is 18.4. The first-order valence-electron chi connectivity index (χ1n) is 12.9. The minimum atomic E-state index is 0.217. The molecule has 1 aliphatic carbocycles. The van der Waals surface area contributed by atoms with Gasteiger partial charge in [0, 0.05) is 54.2 Å². The molecule has 1 aliphatic heterocycles. The van der Waals surface area contributed by atoms with Crippen molar-refractivity contribution in [2.24, 2.45) is 11.3 Å². The Morgan fingerprint density at radius 1 is 1.14 bits per heavy atom. The Balaban J connectivity index is 0.993. The maximum absolute atomic E-state index is 10.1. The first-order valence-corrected chi connectivity index (χ1v) is 12.9. The predicted molar refractivity (Wildman–Crippen MR) is 137 cm³/mol. The van der Waals surface area contributed by atoms with Gasteiger partial charge in [0.2, 0.25) is 0 Å². The number of phenolic OH excluding ortho intramolecular Hbond substituents is 1. The van der Waals surface area contributed by atoms with Crippen LogP contribution in [-0.4, -0.2) is 56.6 Å². The van der Waals surface area contributed by atoms with Crippen LogP contribution in [0.3, 0.4) is 0 Å². The second-order valence-electron chi connectivity index (χ2n) is 11.0. The molecule has 36 heavy (non-hydrogen) atoms. The summed E-state index contributed by atoms with van der Waals surface area (Å²) in [6, 6.07) is 13.3. The third-order valence-electron chi connectivity index (χ3n) is 8.11. The van der Waals surface area contributed by atoms with Crippen LogP contribution in [0.15, 0.2) is 47.0 Å². The summed E-state index contributed by atoms with van der Waals surface area (Å²) in [5, 5.41) is 23.9. The minimum Gasteiger partial charge on any atom is -0.507 e. The van der Waals surface area contributed by atoms with Gasteiger partial charge in [-0.2, -0.15) is 0 Å². The fourth-order valence-electron chi connectivity index (χ4n) is 5.68. The van der Waals surface area contributed by atoms with E-state index in [1.807, 2.05) is 24.3 Å². The summed E-state index contributed by atoms with van der Waals surface area (Å²) >= 11 is 0. The molecule has 2 aliphatic rings. The summed E-state index contributed by atoms with van der Waals surface area (Å²) in [6.45, 7) is 10.3. The predicted octanol–water partition coefficient (Wildman–Crippen LogP) is 5.34. The highest BCUT2D eigenvalue weighted by atomic mass is 16.5. The smallest absolute Gasteiger partial charge is 0.254 e. The number of nitrogens with one attached hydrogen (secondary N) is 1. The molecule has 0 radical (unpaired) electrons. The van der Waals surface area contributed by atoms with Gasteiger partial charge < -0.3 is 19.4 Å². The van der Waals surface area contributed by atoms with Crippen molar-refractivity contribution in [1.82, 2.24) is 25.2 Å². The number of aromatic nitrogens is 4. The first kappa shape index (κ1) is 23.0. The number of benzene rings is 1. The molecule has 1 aromatic carbocycles. The van der Waals surface area contributed by atoms with E-state index in [1.165, 1.54) is 18.5 Å². The lowest BCUT2D eigenvalue weighted by Gasteiger charge is -2.59. The van der Waals surface area contributed by atoms with Crippen molar-refractivity contribution in [3.63, 3.8) is 0 Å². The molecule has 1 saturated carbocycles. The topological polar surface area (TPSA) is 100 Å². The van der Waals surface area contributed by atoms with Gasteiger partial charge in [0.25, 0.3) is 5.88 Å². The van der Waals surface area contributed by atoms with E-state index in [1.54, 1.807) is 12.1 Å². The maximum atomic E-state index is 10.1. The van der Waals surface area contributed by atoms with Gasteiger partial charge in [0.15, 0.2) is 5.65 Å². The molecule has 8 heteroatoms. The van der Waals surface area contributed by atoms with Crippen LogP contribution >= 0.6 is 0 Å². The molecule has 0 amide bonds. The van der Waals surface area contributed by atoms with Crippen LogP contribution in [0.5, 0.6) is 11.6 Å². The van der Waals surface area contributed by atoms with Crippen LogP contribution in [0.1, 0.15) is 56.9 Å². The van der Waals surface area contributed by atoms with Crippen LogP contribution in [0.2, 0.25) is 0 Å². The fraction of sp³-hybridized carbons (Fsp3) is 0.464. The number of nitrogens with zero attached hydrogens (tertiary/aromatic N) is 4. The zero-order chi connectivity index (χ0) is 24.9. The summed E-state index contributed by atoms with van der Waals surface area (Å²) in [5.74, 6) is 3.06. The molecule has 2 N–H and O–H groups in total. The van der Waals surface area contributed by atoms with Gasteiger partial charge in [-0.1, -0.05) is 32.9 Å². The SMILES string of the molecule is CC(C)[C@@H](C)c1cc(OCCN2CC3(CC(c4cc5cc(-c6ccccc6O)nnc5[nH]4)C3)C2)no1.